The van der Waals surface area contributed by atoms with Crippen LogP contribution in [0, 0.1) is 0 Å². The second kappa shape index (κ2) is 30.3. The Morgan fingerprint density at radius 2 is 1.10 bits per heavy atom. The van der Waals surface area contributed by atoms with E-state index >= 15 is 0 Å². The molecule has 0 aromatic carbocycles. The lowest BCUT2D eigenvalue weighted by molar-refractivity contribution is -0.305. The molecule has 0 aliphatic carbocycles. The number of carbonyl (C=O) groups is 2. The molecule has 0 saturated carbocycles. The molecule has 0 bridgehead atoms. The van der Waals surface area contributed by atoms with Gasteiger partial charge in [0.05, 0.1) is 13.2 Å². The molecule has 282 valence electrons. The van der Waals surface area contributed by atoms with Crippen LogP contribution in [0.15, 0.2) is 12.2 Å². The fourth-order valence-electron chi connectivity index (χ4n) is 5.77. The lowest BCUT2D eigenvalue weighted by atomic mass is 9.99. The Bertz CT molecular complexity index is 804. The van der Waals surface area contributed by atoms with E-state index in [9.17, 15) is 30.0 Å². The third-order valence-electron chi connectivity index (χ3n) is 8.90. The van der Waals surface area contributed by atoms with Gasteiger partial charge in [0, 0.05) is 12.8 Å². The summed E-state index contributed by atoms with van der Waals surface area (Å²) in [7, 11) is 0. The summed E-state index contributed by atoms with van der Waals surface area (Å²) in [6, 6.07) is 0. The SMILES string of the molecule is CCCCCC/C=C/CCCCCCCCCC(=O)O[C@H](COC(=O)CCCCCCCCCC)CO[C@@H]1O[C@H](CO)[C@H](O)C(O)C1O. The molecule has 1 rings (SSSR count). The van der Waals surface area contributed by atoms with Crippen LogP contribution in [0.25, 0.3) is 0 Å². The van der Waals surface area contributed by atoms with Crippen molar-refractivity contribution in [2.75, 3.05) is 19.8 Å². The number of ether oxygens (including phenoxy) is 4. The van der Waals surface area contributed by atoms with Crippen LogP contribution in [0.3, 0.4) is 0 Å². The van der Waals surface area contributed by atoms with Crippen molar-refractivity contribution in [3.63, 3.8) is 0 Å². The van der Waals surface area contributed by atoms with E-state index in [1.807, 2.05) is 0 Å². The lowest BCUT2D eigenvalue weighted by Gasteiger charge is -2.39. The van der Waals surface area contributed by atoms with Gasteiger partial charge in [0.15, 0.2) is 12.4 Å². The van der Waals surface area contributed by atoms with Gasteiger partial charge in [-0.15, -0.1) is 0 Å². The van der Waals surface area contributed by atoms with Crippen molar-refractivity contribution in [1.82, 2.24) is 0 Å². The van der Waals surface area contributed by atoms with Gasteiger partial charge in [-0.05, 0) is 38.5 Å². The van der Waals surface area contributed by atoms with E-state index < -0.39 is 49.4 Å². The second-order valence-corrected chi connectivity index (χ2v) is 13.4. The van der Waals surface area contributed by atoms with Crippen LogP contribution in [0.1, 0.15) is 162 Å². The van der Waals surface area contributed by atoms with Gasteiger partial charge in [-0.1, -0.05) is 122 Å². The number of unbranched alkanes of at least 4 members (excludes halogenated alkanes) is 18. The summed E-state index contributed by atoms with van der Waals surface area (Å²) < 4.78 is 22.0. The quantitative estimate of drug-likeness (QED) is 0.0347. The number of aliphatic hydroxyl groups is 4. The first kappa shape index (κ1) is 44.5. The van der Waals surface area contributed by atoms with Crippen LogP contribution in [0.2, 0.25) is 0 Å². The molecule has 10 nitrogen and oxygen atoms in total. The Labute approximate surface area is 291 Å². The van der Waals surface area contributed by atoms with Crippen molar-refractivity contribution in [2.45, 2.75) is 198 Å². The highest BCUT2D eigenvalue weighted by Gasteiger charge is 2.44. The average molecular weight is 687 g/mol. The maximum atomic E-state index is 12.7. The molecule has 0 aromatic heterocycles. The molecule has 0 amide bonds. The number of rotatable bonds is 31. The van der Waals surface area contributed by atoms with Crippen LogP contribution >= 0.6 is 0 Å². The molecule has 0 aromatic rings. The van der Waals surface area contributed by atoms with E-state index in [1.54, 1.807) is 0 Å². The summed E-state index contributed by atoms with van der Waals surface area (Å²) in [5.74, 6) is -0.814. The molecule has 4 N–H and O–H groups in total. The van der Waals surface area contributed by atoms with E-state index in [4.69, 9.17) is 18.9 Å². The summed E-state index contributed by atoms with van der Waals surface area (Å²) in [6.45, 7) is 3.36. The van der Waals surface area contributed by atoms with E-state index in [2.05, 4.69) is 26.0 Å². The monoisotopic (exact) mass is 686 g/mol. The van der Waals surface area contributed by atoms with Crippen LogP contribution < -0.4 is 0 Å². The minimum atomic E-state index is -1.59. The molecular formula is C38H70O10. The van der Waals surface area contributed by atoms with Gasteiger partial charge in [0.2, 0.25) is 0 Å². The molecule has 1 fully saturated rings. The Morgan fingerprint density at radius 3 is 1.65 bits per heavy atom. The van der Waals surface area contributed by atoms with Crippen LogP contribution in [0.5, 0.6) is 0 Å². The van der Waals surface area contributed by atoms with Gasteiger partial charge in [-0.2, -0.15) is 0 Å². The minimum absolute atomic E-state index is 0.215. The first-order chi connectivity index (χ1) is 23.3. The molecule has 1 heterocycles. The first-order valence-corrected chi connectivity index (χ1v) is 19.3. The number of allylic oxidation sites excluding steroid dienone is 2. The molecule has 1 aliphatic heterocycles. The third-order valence-corrected chi connectivity index (χ3v) is 8.90. The van der Waals surface area contributed by atoms with Crippen molar-refractivity contribution in [3.8, 4) is 0 Å². The molecule has 1 aliphatic rings. The van der Waals surface area contributed by atoms with Crippen molar-refractivity contribution >= 4 is 11.9 Å². The van der Waals surface area contributed by atoms with Gasteiger partial charge < -0.3 is 39.4 Å². The Morgan fingerprint density at radius 1 is 0.625 bits per heavy atom. The maximum Gasteiger partial charge on any atom is 0.306 e. The number of carbonyl (C=O) groups excluding carboxylic acids is 2. The third kappa shape index (κ3) is 22.2. The molecular weight excluding hydrogens is 616 g/mol. The maximum absolute atomic E-state index is 12.7. The number of hydrogen-bond donors (Lipinski definition) is 4. The van der Waals surface area contributed by atoms with Gasteiger partial charge in [-0.25, -0.2) is 0 Å². The normalized spacial score (nSPS) is 21.8. The predicted molar refractivity (Wildman–Crippen MR) is 187 cm³/mol. The number of aliphatic hydroxyl groups excluding tert-OH is 4. The van der Waals surface area contributed by atoms with Gasteiger partial charge in [0.1, 0.15) is 31.0 Å². The standard InChI is InChI=1S/C38H70O10/c1-3-5-7-9-11-13-14-15-16-17-18-19-21-23-25-27-34(41)47-31(29-45-33(40)26-24-22-20-12-10-8-6-4-2)30-46-38-37(44)36(43)35(42)32(28-39)48-38/h13-14,31-32,35-39,42-44H,3-12,15-30H2,1-2H3/b14-13+/t31-,32-,35+,36?,37?,38-/m1/s1. The zero-order valence-electron chi connectivity index (χ0n) is 30.2. The minimum Gasteiger partial charge on any atom is -0.462 e. The van der Waals surface area contributed by atoms with E-state index in [0.29, 0.717) is 6.42 Å². The molecule has 48 heavy (non-hydrogen) atoms. The lowest BCUT2D eigenvalue weighted by Crippen LogP contribution is -2.59. The first-order valence-electron chi connectivity index (χ1n) is 19.3. The highest BCUT2D eigenvalue weighted by Crippen LogP contribution is 2.22. The second-order valence-electron chi connectivity index (χ2n) is 13.4. The fourth-order valence-corrected chi connectivity index (χ4v) is 5.77. The van der Waals surface area contributed by atoms with Gasteiger partial charge in [-0.3, -0.25) is 9.59 Å². The number of hydrogen-bond acceptors (Lipinski definition) is 10. The molecule has 1 saturated heterocycles. The molecule has 2 unspecified atom stereocenters. The highest BCUT2D eigenvalue weighted by atomic mass is 16.7. The van der Waals surface area contributed by atoms with Crippen LogP contribution in [-0.2, 0) is 28.5 Å². The van der Waals surface area contributed by atoms with Crippen LogP contribution in [-0.4, -0.2) is 89.0 Å². The average Bonchev–Trinajstić information content (AvgIpc) is 3.08. The van der Waals surface area contributed by atoms with E-state index in [-0.39, 0.29) is 32.0 Å². The summed E-state index contributed by atoms with van der Waals surface area (Å²) in [5, 5.41) is 39.8. The summed E-state index contributed by atoms with van der Waals surface area (Å²) in [4.78, 5) is 25.1. The molecule has 0 radical (unpaired) electrons. The van der Waals surface area contributed by atoms with Crippen LogP contribution in [0.4, 0.5) is 0 Å². The largest absolute Gasteiger partial charge is 0.462 e. The molecule has 0 spiro atoms. The van der Waals surface area contributed by atoms with Crippen molar-refractivity contribution in [2.24, 2.45) is 0 Å². The Hall–Kier alpha value is -1.56. The summed E-state index contributed by atoms with van der Waals surface area (Å²) in [6.07, 6.45) is 20.9. The number of esters is 2. The summed E-state index contributed by atoms with van der Waals surface area (Å²) >= 11 is 0. The zero-order chi connectivity index (χ0) is 35.2. The van der Waals surface area contributed by atoms with Gasteiger partial charge in [0.25, 0.3) is 0 Å². The smallest absolute Gasteiger partial charge is 0.306 e. The zero-order valence-corrected chi connectivity index (χ0v) is 30.2. The predicted octanol–water partition coefficient (Wildman–Crippen LogP) is 6.83. The Balaban J connectivity index is 2.38. The fraction of sp³-hybridized carbons (Fsp3) is 0.895. The topological polar surface area (TPSA) is 152 Å². The van der Waals surface area contributed by atoms with E-state index in [1.165, 1.54) is 83.5 Å². The van der Waals surface area contributed by atoms with E-state index in [0.717, 1.165) is 44.9 Å². The Kier molecular flexibility index (Phi) is 28.0. The molecule has 10 heteroatoms. The van der Waals surface area contributed by atoms with Crippen molar-refractivity contribution < 1.29 is 49.0 Å². The van der Waals surface area contributed by atoms with Gasteiger partial charge >= 0.3 is 11.9 Å². The molecule has 6 atom stereocenters. The highest BCUT2D eigenvalue weighted by molar-refractivity contribution is 5.70. The summed E-state index contributed by atoms with van der Waals surface area (Å²) in [5.41, 5.74) is 0. The van der Waals surface area contributed by atoms with Crippen molar-refractivity contribution in [3.05, 3.63) is 12.2 Å². The van der Waals surface area contributed by atoms with Crippen molar-refractivity contribution in [1.29, 1.82) is 0 Å².